The molecule has 1 amide bonds. The Morgan fingerprint density at radius 2 is 2.00 bits per heavy atom. The van der Waals surface area contributed by atoms with Crippen molar-refractivity contribution < 1.29 is 4.79 Å². The predicted octanol–water partition coefficient (Wildman–Crippen LogP) is 4.15. The van der Waals surface area contributed by atoms with Gasteiger partial charge in [0.15, 0.2) is 0 Å². The monoisotopic (exact) mass is 325 g/mol. The number of anilines is 1. The van der Waals surface area contributed by atoms with E-state index in [1.54, 1.807) is 18.3 Å². The number of amides is 1. The summed E-state index contributed by atoms with van der Waals surface area (Å²) in [6.07, 6.45) is 3.65. The summed E-state index contributed by atoms with van der Waals surface area (Å²) in [5, 5.41) is 7.53. The lowest BCUT2D eigenvalue weighted by Crippen LogP contribution is -2.12. The Balaban J connectivity index is 1.70. The largest absolute Gasteiger partial charge is 0.321 e. The molecule has 1 heterocycles. The number of rotatable bonds is 4. The Hall–Kier alpha value is -2.59. The summed E-state index contributed by atoms with van der Waals surface area (Å²) >= 11 is 6.14. The van der Waals surface area contributed by atoms with Crippen molar-refractivity contribution in [3.63, 3.8) is 0 Å². The van der Waals surface area contributed by atoms with Gasteiger partial charge in [-0.05, 0) is 48.4 Å². The van der Waals surface area contributed by atoms with Crippen LogP contribution in [-0.4, -0.2) is 15.7 Å². The molecular weight excluding hydrogens is 310 g/mol. The molecule has 0 saturated carbocycles. The van der Waals surface area contributed by atoms with Gasteiger partial charge in [-0.2, -0.15) is 5.10 Å². The molecule has 0 fully saturated rings. The summed E-state index contributed by atoms with van der Waals surface area (Å²) < 4.78 is 1.83. The first-order valence-corrected chi connectivity index (χ1v) is 7.63. The molecule has 5 heteroatoms. The Labute approximate surface area is 139 Å². The van der Waals surface area contributed by atoms with E-state index in [9.17, 15) is 4.79 Å². The van der Waals surface area contributed by atoms with Crippen LogP contribution in [0.3, 0.4) is 0 Å². The van der Waals surface area contributed by atoms with E-state index in [4.69, 9.17) is 11.6 Å². The molecule has 1 N–H and O–H groups in total. The third-order valence-electron chi connectivity index (χ3n) is 3.49. The molecule has 3 rings (SSSR count). The maximum atomic E-state index is 12.3. The first-order valence-electron chi connectivity index (χ1n) is 7.26. The van der Waals surface area contributed by atoms with Gasteiger partial charge >= 0.3 is 0 Å². The normalized spacial score (nSPS) is 10.5. The second-order valence-electron chi connectivity index (χ2n) is 5.34. The summed E-state index contributed by atoms with van der Waals surface area (Å²) in [4.78, 5) is 12.3. The number of aromatic nitrogens is 2. The fraction of sp³-hybridized carbons (Fsp3) is 0.111. The van der Waals surface area contributed by atoms with E-state index in [-0.39, 0.29) is 5.91 Å². The van der Waals surface area contributed by atoms with Crippen LogP contribution in [0.4, 0.5) is 5.69 Å². The molecule has 0 aliphatic carbocycles. The van der Waals surface area contributed by atoms with Gasteiger partial charge in [0, 0.05) is 18.0 Å². The van der Waals surface area contributed by atoms with Crippen molar-refractivity contribution >= 4 is 23.2 Å². The molecule has 0 saturated heterocycles. The van der Waals surface area contributed by atoms with Crippen molar-refractivity contribution in [2.24, 2.45) is 0 Å². The van der Waals surface area contributed by atoms with Crippen molar-refractivity contribution in [1.82, 2.24) is 9.78 Å². The van der Waals surface area contributed by atoms with Crippen LogP contribution in [0.15, 0.2) is 60.9 Å². The number of halogens is 1. The summed E-state index contributed by atoms with van der Waals surface area (Å²) in [6, 6.07) is 14.9. The average Bonchev–Trinajstić information content (AvgIpc) is 3.04. The molecule has 3 aromatic rings. The maximum Gasteiger partial charge on any atom is 0.255 e. The molecule has 0 atom stereocenters. The van der Waals surface area contributed by atoms with Gasteiger partial charge in [0.1, 0.15) is 0 Å². The number of benzene rings is 2. The number of carbonyl (C=O) groups excluding carboxylic acids is 1. The van der Waals surface area contributed by atoms with Gasteiger partial charge in [0.25, 0.3) is 5.91 Å². The molecule has 0 aliphatic rings. The fourth-order valence-electron chi connectivity index (χ4n) is 2.26. The highest BCUT2D eigenvalue weighted by Gasteiger charge is 2.08. The number of nitrogens with zero attached hydrogens (tertiary/aromatic N) is 2. The zero-order valence-corrected chi connectivity index (χ0v) is 13.4. The van der Waals surface area contributed by atoms with E-state index < -0.39 is 0 Å². The lowest BCUT2D eigenvalue weighted by atomic mass is 10.1. The number of hydrogen-bond donors (Lipinski definition) is 1. The molecule has 23 heavy (non-hydrogen) atoms. The molecule has 4 nitrogen and oxygen atoms in total. The molecule has 0 unspecified atom stereocenters. The third kappa shape index (κ3) is 3.79. The Bertz CT molecular complexity index is 811. The Morgan fingerprint density at radius 3 is 2.65 bits per heavy atom. The summed E-state index contributed by atoms with van der Waals surface area (Å²) in [6.45, 7) is 2.63. The molecule has 0 spiro atoms. The SMILES string of the molecule is Cc1ccc(NC(=O)c2ccc(Cn3cccn3)cc2)c(Cl)c1. The first-order chi connectivity index (χ1) is 11.1. The number of hydrogen-bond acceptors (Lipinski definition) is 2. The van der Waals surface area contributed by atoms with E-state index in [1.807, 2.05) is 54.2 Å². The van der Waals surface area contributed by atoms with Crippen LogP contribution in [0.25, 0.3) is 0 Å². The standard InChI is InChI=1S/C18H16ClN3O/c1-13-3-8-17(16(19)11-13)21-18(23)15-6-4-14(5-7-15)12-22-10-2-9-20-22/h2-11H,12H2,1H3,(H,21,23). The van der Waals surface area contributed by atoms with Gasteiger partial charge in [0.2, 0.25) is 0 Å². The highest BCUT2D eigenvalue weighted by molar-refractivity contribution is 6.34. The summed E-state index contributed by atoms with van der Waals surface area (Å²) in [5.74, 6) is -0.179. The molecule has 0 aliphatic heterocycles. The number of aryl methyl sites for hydroxylation is 1. The predicted molar refractivity (Wildman–Crippen MR) is 91.9 cm³/mol. The summed E-state index contributed by atoms with van der Waals surface area (Å²) in [5.41, 5.74) is 3.34. The number of nitrogens with one attached hydrogen (secondary N) is 1. The maximum absolute atomic E-state index is 12.3. The zero-order valence-electron chi connectivity index (χ0n) is 12.7. The van der Waals surface area contributed by atoms with E-state index in [0.717, 1.165) is 11.1 Å². The van der Waals surface area contributed by atoms with Gasteiger partial charge < -0.3 is 5.32 Å². The molecule has 1 aromatic heterocycles. The Morgan fingerprint density at radius 1 is 1.22 bits per heavy atom. The van der Waals surface area contributed by atoms with Crippen LogP contribution in [0.2, 0.25) is 5.02 Å². The molecule has 116 valence electrons. The van der Waals surface area contributed by atoms with Crippen LogP contribution in [0.5, 0.6) is 0 Å². The fourth-order valence-corrected chi connectivity index (χ4v) is 2.54. The Kier molecular flexibility index (Phi) is 4.44. The van der Waals surface area contributed by atoms with Crippen molar-refractivity contribution in [1.29, 1.82) is 0 Å². The minimum absolute atomic E-state index is 0.179. The summed E-state index contributed by atoms with van der Waals surface area (Å²) in [7, 11) is 0. The van der Waals surface area contributed by atoms with Crippen molar-refractivity contribution in [2.45, 2.75) is 13.5 Å². The van der Waals surface area contributed by atoms with Crippen molar-refractivity contribution in [3.8, 4) is 0 Å². The average molecular weight is 326 g/mol. The molecule has 0 radical (unpaired) electrons. The van der Waals surface area contributed by atoms with E-state index in [0.29, 0.717) is 22.8 Å². The van der Waals surface area contributed by atoms with Crippen LogP contribution < -0.4 is 5.32 Å². The van der Waals surface area contributed by atoms with Gasteiger partial charge in [-0.1, -0.05) is 29.8 Å². The van der Waals surface area contributed by atoms with Gasteiger partial charge in [-0.3, -0.25) is 9.48 Å². The second-order valence-corrected chi connectivity index (χ2v) is 5.75. The van der Waals surface area contributed by atoms with E-state index >= 15 is 0 Å². The van der Waals surface area contributed by atoms with Crippen molar-refractivity contribution in [3.05, 3.63) is 82.6 Å². The van der Waals surface area contributed by atoms with Crippen LogP contribution in [0, 0.1) is 6.92 Å². The second kappa shape index (κ2) is 6.67. The zero-order chi connectivity index (χ0) is 16.2. The van der Waals surface area contributed by atoms with Crippen molar-refractivity contribution in [2.75, 3.05) is 5.32 Å². The van der Waals surface area contributed by atoms with Gasteiger partial charge in [-0.15, -0.1) is 0 Å². The van der Waals surface area contributed by atoms with Crippen LogP contribution in [-0.2, 0) is 6.54 Å². The highest BCUT2D eigenvalue weighted by atomic mass is 35.5. The number of carbonyl (C=O) groups is 1. The minimum Gasteiger partial charge on any atom is -0.321 e. The van der Waals surface area contributed by atoms with Gasteiger partial charge in [-0.25, -0.2) is 0 Å². The van der Waals surface area contributed by atoms with Crippen LogP contribution >= 0.6 is 11.6 Å². The molecule has 2 aromatic carbocycles. The lowest BCUT2D eigenvalue weighted by Gasteiger charge is -2.09. The molecular formula is C18H16ClN3O. The van der Waals surface area contributed by atoms with E-state index in [1.165, 1.54) is 0 Å². The minimum atomic E-state index is -0.179. The molecule has 0 bridgehead atoms. The quantitative estimate of drug-likeness (QED) is 0.783. The van der Waals surface area contributed by atoms with E-state index in [2.05, 4.69) is 10.4 Å². The third-order valence-corrected chi connectivity index (χ3v) is 3.81. The topological polar surface area (TPSA) is 46.9 Å². The highest BCUT2D eigenvalue weighted by Crippen LogP contribution is 2.23. The van der Waals surface area contributed by atoms with Crippen LogP contribution in [0.1, 0.15) is 21.5 Å². The smallest absolute Gasteiger partial charge is 0.255 e. The lowest BCUT2D eigenvalue weighted by molar-refractivity contribution is 0.102. The first kappa shape index (κ1) is 15.3. The van der Waals surface area contributed by atoms with Gasteiger partial charge in [0.05, 0.1) is 17.3 Å².